The highest BCUT2D eigenvalue weighted by atomic mass is 127. The van der Waals surface area contributed by atoms with E-state index >= 15 is 0 Å². The lowest BCUT2D eigenvalue weighted by molar-refractivity contribution is -0.638. The van der Waals surface area contributed by atoms with Gasteiger partial charge in [0.05, 0.1) is 20.3 Å². The van der Waals surface area contributed by atoms with Gasteiger partial charge >= 0.3 is 17.1 Å². The number of nitrogens with one attached hydrogen (secondary N) is 2. The average Bonchev–Trinajstić information content (AvgIpc) is 4.23. The molecule has 2 aliphatic rings. The number of anilines is 3. The van der Waals surface area contributed by atoms with Gasteiger partial charge in [0.15, 0.2) is 23.2 Å². The number of nitrogens with zero attached hydrogens (tertiary/aromatic N) is 14. The second kappa shape index (κ2) is 31.6. The van der Waals surface area contributed by atoms with Gasteiger partial charge in [0.1, 0.15) is 22.2 Å². The Labute approximate surface area is 494 Å². The molecule has 0 aliphatic carbocycles. The van der Waals surface area contributed by atoms with Gasteiger partial charge in [-0.15, -0.1) is 51.9 Å². The Morgan fingerprint density at radius 1 is 0.575 bits per heavy atom. The van der Waals surface area contributed by atoms with Crippen LogP contribution >= 0.6 is 36.6 Å². The molecule has 31 heteroatoms. The van der Waals surface area contributed by atoms with Gasteiger partial charge in [-0.1, -0.05) is 47.8 Å². The van der Waals surface area contributed by atoms with Crippen molar-refractivity contribution < 1.29 is 51.8 Å². The second-order valence-corrected chi connectivity index (χ2v) is 20.3. The summed E-state index contributed by atoms with van der Waals surface area (Å²) < 4.78 is 30.2. The van der Waals surface area contributed by atoms with Gasteiger partial charge in [-0.3, -0.25) is 30.3 Å². The summed E-state index contributed by atoms with van der Waals surface area (Å²) in [6.45, 7) is 8.21. The van der Waals surface area contributed by atoms with Crippen molar-refractivity contribution in [3.63, 3.8) is 0 Å². The van der Waals surface area contributed by atoms with E-state index in [4.69, 9.17) is 11.6 Å². The fourth-order valence-electron chi connectivity index (χ4n) is 8.53. The van der Waals surface area contributed by atoms with Gasteiger partial charge < -0.3 is 50.1 Å². The molecule has 430 valence electrons. The molecule has 0 saturated carbocycles. The maximum absolute atomic E-state index is 11.3. The zero-order valence-electron chi connectivity index (χ0n) is 43.7. The quantitative estimate of drug-likeness (QED) is 0.0315. The first kappa shape index (κ1) is 65.4. The van der Waals surface area contributed by atoms with Crippen LogP contribution in [0.4, 0.5) is 34.4 Å². The van der Waals surface area contributed by atoms with Gasteiger partial charge in [-0.05, 0) is 107 Å². The molecule has 0 amide bonds. The predicted molar refractivity (Wildman–Crippen MR) is 309 cm³/mol. The van der Waals surface area contributed by atoms with Crippen LogP contribution in [0.5, 0.6) is 0 Å². The van der Waals surface area contributed by atoms with Crippen LogP contribution in [0, 0.1) is 30.3 Å². The van der Waals surface area contributed by atoms with E-state index in [1.54, 1.807) is 84.1 Å². The van der Waals surface area contributed by atoms with Gasteiger partial charge in [-0.25, -0.2) is 32.3 Å². The summed E-state index contributed by atoms with van der Waals surface area (Å²) in [5, 5.41) is 55.8. The third-order valence-electron chi connectivity index (χ3n) is 12.2. The molecule has 0 spiro atoms. The zero-order chi connectivity index (χ0) is 54.9. The Morgan fingerprint density at radius 3 is 1.40 bits per heavy atom. The number of likely N-dealkylation sites (tertiary alicyclic amines) is 2. The van der Waals surface area contributed by atoms with Gasteiger partial charge in [-0.2, -0.15) is 5.10 Å². The first-order valence-electron chi connectivity index (χ1n) is 24.6. The molecule has 0 radical (unpaired) electrons. The number of halogens is 3. The number of sulfone groups is 1. The summed E-state index contributed by atoms with van der Waals surface area (Å²) in [5.74, 6) is 6.42. The number of nitro groups is 3. The topological polar surface area (TPSA) is 319 Å². The summed E-state index contributed by atoms with van der Waals surface area (Å²) in [6.07, 6.45) is 20.8. The van der Waals surface area contributed by atoms with Crippen molar-refractivity contribution in [1.82, 2.24) is 48.3 Å². The molecule has 0 bridgehead atoms. The molecule has 6 N–H and O–H groups in total. The Hall–Kier alpha value is -7.16. The van der Waals surface area contributed by atoms with E-state index in [9.17, 15) is 38.8 Å². The van der Waals surface area contributed by atoms with Crippen molar-refractivity contribution in [3.05, 3.63) is 159 Å². The summed E-state index contributed by atoms with van der Waals surface area (Å²) in [5.41, 5.74) is 8.65. The fourth-order valence-corrected chi connectivity index (χ4v) is 9.84. The molecule has 0 aromatic carbocycles. The number of aromatic nitrogens is 9. The lowest BCUT2D eigenvalue weighted by Gasteiger charge is -2.26. The van der Waals surface area contributed by atoms with Crippen molar-refractivity contribution in [2.24, 2.45) is 0 Å². The van der Waals surface area contributed by atoms with E-state index in [2.05, 4.69) is 40.8 Å². The van der Waals surface area contributed by atoms with E-state index in [-0.39, 0.29) is 70.6 Å². The molecule has 26 nitrogen and oxygen atoms in total. The van der Waals surface area contributed by atoms with Gasteiger partial charge in [0.2, 0.25) is 15.7 Å². The van der Waals surface area contributed by atoms with Crippen LogP contribution in [-0.4, -0.2) is 136 Å². The lowest BCUT2D eigenvalue weighted by Crippen LogP contribution is -3.00. The van der Waals surface area contributed by atoms with Crippen molar-refractivity contribution in [2.75, 3.05) is 87.1 Å². The SMILES string of the molecule is CS(=O)(=O)c1nn2ccccc2c1[N+](=O)[O-].CSc1nn2ccccc2c1[N+](=O)[O-].Cl.Cl.N[n+]1ccccc1.Nc1c(NCCN2CCCCC2)nn2ccccc12.O=[N+]([O-])c1c(NCCN2CCCCC2)nn2ccccc12.[I-]. The van der Waals surface area contributed by atoms with E-state index in [0.717, 1.165) is 56.0 Å². The van der Waals surface area contributed by atoms with E-state index < -0.39 is 30.4 Å². The maximum atomic E-state index is 11.3. The number of piperidine rings is 2. The largest absolute Gasteiger partial charge is 1.00 e. The average molecular weight is 1290 g/mol. The highest BCUT2D eigenvalue weighted by Crippen LogP contribution is 2.31. The standard InChI is InChI=1S/C14H19N5O2.C14H21N5.C8H7N3O4S.C8H7N3O2S.C5H7N2.2ClH.HI/c20-19(21)13-12-6-2-5-10-18(12)16-14(13)15-7-11-17-8-3-1-4-9-17;15-13-12-6-2-5-10-19(12)17-14(13)16-7-11-18-8-3-1-4-9-18;1-16(14,15)8-7(11(12)13)6-4-2-3-5-10(6)9-8;1-14-8-7(11(12)13)6-4-2-3-5-10(6)9-8;6-7-4-2-1-3-5-7;;;/h2,5-6,10H,1,3-4,7-9,11H2,(H,15,16);2,5-6,10H,1,3-4,7-9,11,15H2,(H,16,17);2-5H,1H3;2-5H,1H3;1-5H,6H2;3*1H/q;;;;+1;;;/p-1. The highest BCUT2D eigenvalue weighted by Gasteiger charge is 2.30. The van der Waals surface area contributed by atoms with Gasteiger partial charge in [0.25, 0.3) is 5.03 Å². The minimum atomic E-state index is -3.71. The molecule has 80 heavy (non-hydrogen) atoms. The number of nitrogen functional groups attached to an aromatic ring is 2. The van der Waals surface area contributed by atoms with E-state index in [1.807, 2.05) is 47.1 Å². The number of thioether (sulfide) groups is 1. The van der Waals surface area contributed by atoms with Crippen molar-refractivity contribution >= 4 is 103 Å². The summed E-state index contributed by atoms with van der Waals surface area (Å²) in [7, 11) is -3.71. The Kier molecular flexibility index (Phi) is 25.8. The molecule has 11 heterocycles. The normalized spacial score (nSPS) is 13.2. The molecule has 11 rings (SSSR count). The Morgan fingerprint density at radius 2 is 0.975 bits per heavy atom. The third kappa shape index (κ3) is 17.4. The zero-order valence-corrected chi connectivity index (χ0v) is 49.1. The number of fused-ring (bicyclic) bond motifs is 4. The number of hydrogen-bond acceptors (Lipinski definition) is 19. The molecule has 2 saturated heterocycles. The molecule has 9 aromatic heterocycles. The minimum Gasteiger partial charge on any atom is -1.00 e. The number of nitrogens with two attached hydrogens (primary N) is 2. The molecular formula is C49H63Cl2IN18O8S2. The van der Waals surface area contributed by atoms with Crippen LogP contribution in [0.2, 0.25) is 0 Å². The molecule has 0 unspecified atom stereocenters. The molecule has 0 atom stereocenters. The highest BCUT2D eigenvalue weighted by molar-refractivity contribution is 7.98. The molecule has 2 aliphatic heterocycles. The van der Waals surface area contributed by atoms with Crippen LogP contribution in [0.1, 0.15) is 38.5 Å². The number of pyridine rings is 5. The summed E-state index contributed by atoms with van der Waals surface area (Å²) >= 11 is 1.28. The summed E-state index contributed by atoms with van der Waals surface area (Å²) in [4.78, 5) is 36.3. The van der Waals surface area contributed by atoms with Crippen LogP contribution in [0.25, 0.3) is 22.1 Å². The van der Waals surface area contributed by atoms with Crippen LogP contribution in [0.15, 0.2) is 138 Å². The Balaban J connectivity index is 0.000000220. The molecular weight excluding hydrogens is 1230 g/mol. The first-order valence-corrected chi connectivity index (χ1v) is 27.7. The van der Waals surface area contributed by atoms with Crippen LogP contribution in [-0.2, 0) is 9.84 Å². The monoisotopic (exact) mass is 1290 g/mol. The predicted octanol–water partition coefficient (Wildman–Crippen LogP) is 4.10. The minimum absolute atomic E-state index is 0. The smallest absolute Gasteiger partial charge is 0.338 e. The lowest BCUT2D eigenvalue weighted by atomic mass is 10.1. The first-order chi connectivity index (χ1) is 37.1. The van der Waals surface area contributed by atoms with E-state index in [0.29, 0.717) is 28.4 Å². The number of rotatable bonds is 13. The van der Waals surface area contributed by atoms with Gasteiger partial charge in [0, 0.05) is 69.4 Å². The van der Waals surface area contributed by atoms with Crippen LogP contribution in [0.3, 0.4) is 0 Å². The fraction of sp³-hybridized carbons (Fsp3) is 0.327. The van der Waals surface area contributed by atoms with Crippen molar-refractivity contribution in [1.29, 1.82) is 0 Å². The summed E-state index contributed by atoms with van der Waals surface area (Å²) in [6, 6.07) is 26.7. The van der Waals surface area contributed by atoms with E-state index in [1.165, 1.54) is 89.3 Å². The molecule has 9 aromatic rings. The molecule has 2 fully saturated rings. The number of hydrogen-bond donors (Lipinski definition) is 4. The third-order valence-corrected chi connectivity index (χ3v) is 13.9. The van der Waals surface area contributed by atoms with Crippen LogP contribution < -0.4 is 50.9 Å². The van der Waals surface area contributed by atoms with Crippen molar-refractivity contribution in [3.8, 4) is 0 Å². The maximum Gasteiger partial charge on any atom is 0.338 e. The van der Waals surface area contributed by atoms with Crippen molar-refractivity contribution in [2.45, 2.75) is 48.6 Å². The Bertz CT molecular complexity index is 3540. The second-order valence-electron chi connectivity index (χ2n) is 17.6.